The van der Waals surface area contributed by atoms with Crippen molar-refractivity contribution in [2.24, 2.45) is 7.05 Å². The van der Waals surface area contributed by atoms with Gasteiger partial charge in [0.2, 0.25) is 0 Å². The number of rotatable bonds is 2. The van der Waals surface area contributed by atoms with Crippen LogP contribution in [-0.2, 0) is 7.05 Å². The molecule has 0 N–H and O–H groups in total. The third-order valence-electron chi connectivity index (χ3n) is 3.98. The molecule has 0 atom stereocenters. The fraction of sp³-hybridized carbons (Fsp3) is 0.375. The first-order valence-corrected chi connectivity index (χ1v) is 7.72. The van der Waals surface area contributed by atoms with Crippen molar-refractivity contribution in [3.63, 3.8) is 0 Å². The van der Waals surface area contributed by atoms with E-state index in [1.54, 1.807) is 10.9 Å². The lowest BCUT2D eigenvalue weighted by Gasteiger charge is -2.36. The number of hydrogen-bond acceptors (Lipinski definition) is 3. The zero-order chi connectivity index (χ0) is 15.7. The molecule has 6 heteroatoms. The summed E-state index contributed by atoms with van der Waals surface area (Å²) in [6, 6.07) is 7.84. The van der Waals surface area contributed by atoms with Crippen LogP contribution in [0.3, 0.4) is 0 Å². The fourth-order valence-corrected chi connectivity index (χ4v) is 3.00. The van der Waals surface area contributed by atoms with E-state index in [1.807, 2.05) is 37.1 Å². The first kappa shape index (κ1) is 14.9. The molecule has 1 fully saturated rings. The van der Waals surface area contributed by atoms with Crippen molar-refractivity contribution >= 4 is 23.2 Å². The zero-order valence-electron chi connectivity index (χ0n) is 12.8. The minimum Gasteiger partial charge on any atom is -0.368 e. The number of piperazine rings is 1. The van der Waals surface area contributed by atoms with E-state index in [9.17, 15) is 4.79 Å². The number of carbonyl (C=O) groups is 1. The highest BCUT2D eigenvalue weighted by molar-refractivity contribution is 6.30. The van der Waals surface area contributed by atoms with Gasteiger partial charge in [-0.15, -0.1) is 0 Å². The van der Waals surface area contributed by atoms with Gasteiger partial charge in [0, 0.05) is 50.1 Å². The standard InChI is InChI=1S/C16H19ClN4O/c1-12-15(11-19(2)18-12)16(22)21-8-6-20(7-9-21)14-5-3-4-13(17)10-14/h3-5,10-11H,6-9H2,1-2H3. The Morgan fingerprint density at radius 2 is 1.95 bits per heavy atom. The van der Waals surface area contributed by atoms with Gasteiger partial charge in [0.1, 0.15) is 0 Å². The Kier molecular flexibility index (Phi) is 4.07. The number of halogens is 1. The second-order valence-corrected chi connectivity index (χ2v) is 6.00. The van der Waals surface area contributed by atoms with Gasteiger partial charge in [0.05, 0.1) is 11.3 Å². The minimum absolute atomic E-state index is 0.0661. The SMILES string of the molecule is Cc1nn(C)cc1C(=O)N1CCN(c2cccc(Cl)c2)CC1. The molecule has 2 aromatic rings. The molecule has 1 aliphatic heterocycles. The van der Waals surface area contributed by atoms with Crippen LogP contribution in [0.25, 0.3) is 0 Å². The van der Waals surface area contributed by atoms with Crippen LogP contribution >= 0.6 is 11.6 Å². The van der Waals surface area contributed by atoms with E-state index >= 15 is 0 Å². The van der Waals surface area contributed by atoms with Crippen molar-refractivity contribution in [2.75, 3.05) is 31.1 Å². The Morgan fingerprint density at radius 1 is 1.23 bits per heavy atom. The van der Waals surface area contributed by atoms with E-state index in [0.29, 0.717) is 18.7 Å². The summed E-state index contributed by atoms with van der Waals surface area (Å²) >= 11 is 6.04. The lowest BCUT2D eigenvalue weighted by atomic mass is 10.2. The van der Waals surface area contributed by atoms with E-state index in [0.717, 1.165) is 29.5 Å². The Bertz CT molecular complexity index is 689. The molecule has 22 heavy (non-hydrogen) atoms. The number of benzene rings is 1. The van der Waals surface area contributed by atoms with Crippen molar-refractivity contribution in [2.45, 2.75) is 6.92 Å². The van der Waals surface area contributed by atoms with Crippen molar-refractivity contribution in [1.82, 2.24) is 14.7 Å². The van der Waals surface area contributed by atoms with Gasteiger partial charge in [-0.05, 0) is 25.1 Å². The van der Waals surface area contributed by atoms with Gasteiger partial charge in [-0.1, -0.05) is 17.7 Å². The molecule has 3 rings (SSSR count). The maximum absolute atomic E-state index is 12.6. The van der Waals surface area contributed by atoms with Crippen LogP contribution in [-0.4, -0.2) is 46.8 Å². The minimum atomic E-state index is 0.0661. The van der Waals surface area contributed by atoms with Crippen molar-refractivity contribution < 1.29 is 4.79 Å². The summed E-state index contributed by atoms with van der Waals surface area (Å²) in [5, 5.41) is 4.98. The van der Waals surface area contributed by atoms with E-state index in [-0.39, 0.29) is 5.91 Å². The second kappa shape index (κ2) is 6.01. The molecule has 0 radical (unpaired) electrons. The number of anilines is 1. The number of amides is 1. The molecule has 1 amide bonds. The molecule has 116 valence electrons. The lowest BCUT2D eigenvalue weighted by Crippen LogP contribution is -2.48. The normalized spacial score (nSPS) is 15.2. The number of hydrogen-bond donors (Lipinski definition) is 0. The Morgan fingerprint density at radius 3 is 2.55 bits per heavy atom. The summed E-state index contributed by atoms with van der Waals surface area (Å²) in [4.78, 5) is 16.7. The predicted molar refractivity (Wildman–Crippen MR) is 87.5 cm³/mol. The molecule has 0 spiro atoms. The molecule has 1 aliphatic rings. The largest absolute Gasteiger partial charge is 0.368 e. The molecule has 1 aromatic carbocycles. The zero-order valence-corrected chi connectivity index (χ0v) is 13.5. The van der Waals surface area contributed by atoms with E-state index in [4.69, 9.17) is 11.6 Å². The van der Waals surface area contributed by atoms with E-state index in [2.05, 4.69) is 16.1 Å². The van der Waals surface area contributed by atoms with Crippen LogP contribution in [0.4, 0.5) is 5.69 Å². The third-order valence-corrected chi connectivity index (χ3v) is 4.22. The number of carbonyl (C=O) groups excluding carboxylic acids is 1. The smallest absolute Gasteiger partial charge is 0.257 e. The van der Waals surface area contributed by atoms with Crippen molar-refractivity contribution in [1.29, 1.82) is 0 Å². The van der Waals surface area contributed by atoms with Gasteiger partial charge < -0.3 is 9.80 Å². The quantitative estimate of drug-likeness (QED) is 0.853. The van der Waals surface area contributed by atoms with Gasteiger partial charge in [-0.2, -0.15) is 5.10 Å². The summed E-state index contributed by atoms with van der Waals surface area (Å²) in [6.07, 6.45) is 1.79. The van der Waals surface area contributed by atoms with Gasteiger partial charge in [0.25, 0.3) is 5.91 Å². The molecule has 5 nitrogen and oxygen atoms in total. The average molecular weight is 319 g/mol. The van der Waals surface area contributed by atoms with Crippen molar-refractivity contribution in [3.05, 3.63) is 46.7 Å². The number of aryl methyl sites for hydroxylation is 2. The first-order valence-electron chi connectivity index (χ1n) is 7.34. The molecule has 0 unspecified atom stereocenters. The van der Waals surface area contributed by atoms with E-state index in [1.165, 1.54) is 0 Å². The van der Waals surface area contributed by atoms with Crippen LogP contribution in [0.1, 0.15) is 16.1 Å². The molecule has 2 heterocycles. The number of aromatic nitrogens is 2. The molecule has 1 aromatic heterocycles. The summed E-state index contributed by atoms with van der Waals surface area (Å²) < 4.78 is 1.69. The highest BCUT2D eigenvalue weighted by Crippen LogP contribution is 2.21. The van der Waals surface area contributed by atoms with E-state index < -0.39 is 0 Å². The molecular weight excluding hydrogens is 300 g/mol. The molecule has 0 bridgehead atoms. The molecule has 0 saturated carbocycles. The molecule has 0 aliphatic carbocycles. The topological polar surface area (TPSA) is 41.4 Å². The highest BCUT2D eigenvalue weighted by atomic mass is 35.5. The van der Waals surface area contributed by atoms with Crippen LogP contribution in [0.5, 0.6) is 0 Å². The summed E-state index contributed by atoms with van der Waals surface area (Å²) in [5.41, 5.74) is 2.58. The van der Waals surface area contributed by atoms with Gasteiger partial charge >= 0.3 is 0 Å². The predicted octanol–water partition coefficient (Wildman–Crippen LogP) is 2.34. The monoisotopic (exact) mass is 318 g/mol. The number of nitrogens with zero attached hydrogens (tertiary/aromatic N) is 4. The van der Waals surface area contributed by atoms with Gasteiger partial charge in [-0.25, -0.2) is 0 Å². The van der Waals surface area contributed by atoms with Gasteiger partial charge in [0.15, 0.2) is 0 Å². The Labute approximate surface area is 135 Å². The second-order valence-electron chi connectivity index (χ2n) is 5.56. The van der Waals surface area contributed by atoms with Crippen LogP contribution in [0.15, 0.2) is 30.5 Å². The Balaban J connectivity index is 1.67. The maximum Gasteiger partial charge on any atom is 0.257 e. The average Bonchev–Trinajstić information content (AvgIpc) is 2.85. The summed E-state index contributed by atoms with van der Waals surface area (Å²) in [5.74, 6) is 0.0661. The summed E-state index contributed by atoms with van der Waals surface area (Å²) in [6.45, 7) is 4.91. The lowest BCUT2D eigenvalue weighted by molar-refractivity contribution is 0.0746. The fourth-order valence-electron chi connectivity index (χ4n) is 2.82. The highest BCUT2D eigenvalue weighted by Gasteiger charge is 2.24. The van der Waals surface area contributed by atoms with Crippen molar-refractivity contribution in [3.8, 4) is 0 Å². The first-order chi connectivity index (χ1) is 10.5. The van der Waals surface area contributed by atoms with Crippen LogP contribution in [0.2, 0.25) is 5.02 Å². The maximum atomic E-state index is 12.6. The van der Waals surface area contributed by atoms with Gasteiger partial charge in [-0.3, -0.25) is 9.48 Å². The molecular formula is C16H19ClN4O. The Hall–Kier alpha value is -2.01. The van der Waals surface area contributed by atoms with Crippen LogP contribution < -0.4 is 4.90 Å². The van der Waals surface area contributed by atoms with Crippen LogP contribution in [0, 0.1) is 6.92 Å². The molecule has 1 saturated heterocycles. The third kappa shape index (κ3) is 2.95. The summed E-state index contributed by atoms with van der Waals surface area (Å²) in [7, 11) is 1.83.